The van der Waals surface area contributed by atoms with Crippen molar-refractivity contribution in [1.82, 2.24) is 0 Å². The molecule has 0 bridgehead atoms. The van der Waals surface area contributed by atoms with Crippen molar-refractivity contribution in [3.05, 3.63) is 89.7 Å². The third-order valence-corrected chi connectivity index (χ3v) is 3.93. The van der Waals surface area contributed by atoms with Gasteiger partial charge in [-0.05, 0) is 55.0 Å². The van der Waals surface area contributed by atoms with E-state index in [1.54, 1.807) is 12.1 Å². The number of halogens is 1. The van der Waals surface area contributed by atoms with Gasteiger partial charge in [-0.15, -0.1) is 0 Å². The second-order valence-electron chi connectivity index (χ2n) is 5.83. The molecule has 0 aliphatic carbocycles. The lowest BCUT2D eigenvalue weighted by atomic mass is 10.2. The Morgan fingerprint density at radius 1 is 0.846 bits per heavy atom. The molecule has 4 heteroatoms. The average molecular weight is 351 g/mol. The molecule has 3 aromatic rings. The molecular formula is C22H22FNO2. The molecule has 134 valence electrons. The van der Waals surface area contributed by atoms with Crippen LogP contribution in [0.25, 0.3) is 0 Å². The number of benzene rings is 3. The summed E-state index contributed by atoms with van der Waals surface area (Å²) in [4.78, 5) is 0. The van der Waals surface area contributed by atoms with E-state index in [-0.39, 0.29) is 5.82 Å². The van der Waals surface area contributed by atoms with Gasteiger partial charge in [0.05, 0.1) is 6.61 Å². The van der Waals surface area contributed by atoms with Crippen LogP contribution in [0.5, 0.6) is 11.5 Å². The molecule has 0 heterocycles. The molecule has 0 saturated heterocycles. The second-order valence-corrected chi connectivity index (χ2v) is 5.83. The van der Waals surface area contributed by atoms with Gasteiger partial charge in [-0.25, -0.2) is 4.39 Å². The summed E-state index contributed by atoms with van der Waals surface area (Å²) in [7, 11) is 0. The number of rotatable bonds is 8. The van der Waals surface area contributed by atoms with E-state index in [1.165, 1.54) is 12.1 Å². The first-order valence-electron chi connectivity index (χ1n) is 8.66. The first-order valence-corrected chi connectivity index (χ1v) is 8.66. The lowest BCUT2D eigenvalue weighted by molar-refractivity contribution is 0.303. The monoisotopic (exact) mass is 351 g/mol. The van der Waals surface area contributed by atoms with Gasteiger partial charge in [-0.2, -0.15) is 0 Å². The lowest BCUT2D eigenvalue weighted by Gasteiger charge is -2.13. The van der Waals surface area contributed by atoms with E-state index in [4.69, 9.17) is 9.47 Å². The van der Waals surface area contributed by atoms with Gasteiger partial charge in [0.25, 0.3) is 0 Å². The summed E-state index contributed by atoms with van der Waals surface area (Å²) in [6.45, 7) is 3.68. The summed E-state index contributed by atoms with van der Waals surface area (Å²) < 4.78 is 24.4. The molecule has 0 saturated carbocycles. The molecular weight excluding hydrogens is 329 g/mol. The van der Waals surface area contributed by atoms with Crippen LogP contribution in [-0.4, -0.2) is 6.61 Å². The highest BCUT2D eigenvalue weighted by Crippen LogP contribution is 2.22. The first-order chi connectivity index (χ1) is 12.7. The Bertz CT molecular complexity index is 816. The predicted octanol–water partition coefficient (Wildman–Crippen LogP) is 5.42. The molecule has 26 heavy (non-hydrogen) atoms. The Hall–Kier alpha value is -3.01. The molecule has 0 aliphatic heterocycles. The summed E-state index contributed by atoms with van der Waals surface area (Å²) in [5, 5.41) is 3.39. The number of ether oxygens (including phenoxy) is 2. The number of hydrogen-bond acceptors (Lipinski definition) is 3. The van der Waals surface area contributed by atoms with Crippen LogP contribution >= 0.6 is 0 Å². The minimum atomic E-state index is -0.242. The number of anilines is 1. The van der Waals surface area contributed by atoms with Gasteiger partial charge < -0.3 is 14.8 Å². The maximum absolute atomic E-state index is 13.0. The molecule has 0 radical (unpaired) electrons. The number of para-hydroxylation sites is 1. The van der Waals surface area contributed by atoms with E-state index < -0.39 is 0 Å². The van der Waals surface area contributed by atoms with Crippen LogP contribution in [0.4, 0.5) is 10.1 Å². The summed E-state index contributed by atoms with van der Waals surface area (Å²) in [5.74, 6) is 1.44. The van der Waals surface area contributed by atoms with Gasteiger partial charge in [0, 0.05) is 17.8 Å². The predicted molar refractivity (Wildman–Crippen MR) is 102 cm³/mol. The Morgan fingerprint density at radius 2 is 1.58 bits per heavy atom. The summed E-state index contributed by atoms with van der Waals surface area (Å²) in [6.07, 6.45) is 0. The topological polar surface area (TPSA) is 30.5 Å². The standard InChI is InChI=1S/C22H22FNO2/c1-2-25-21-13-11-20(12-14-21)24-15-18-5-3-4-6-22(18)26-16-17-7-9-19(23)10-8-17/h3-14,24H,2,15-16H2,1H3. The van der Waals surface area contributed by atoms with Gasteiger partial charge in [0.1, 0.15) is 23.9 Å². The maximum Gasteiger partial charge on any atom is 0.124 e. The molecule has 3 rings (SSSR count). The van der Waals surface area contributed by atoms with Gasteiger partial charge >= 0.3 is 0 Å². The van der Waals surface area contributed by atoms with Crippen molar-refractivity contribution in [2.45, 2.75) is 20.1 Å². The zero-order chi connectivity index (χ0) is 18.2. The fourth-order valence-electron chi connectivity index (χ4n) is 2.57. The fourth-order valence-corrected chi connectivity index (χ4v) is 2.57. The molecule has 0 amide bonds. The molecule has 1 N–H and O–H groups in total. The summed E-state index contributed by atoms with van der Waals surface area (Å²) >= 11 is 0. The van der Waals surface area contributed by atoms with Crippen molar-refractivity contribution in [2.75, 3.05) is 11.9 Å². The van der Waals surface area contributed by atoms with Gasteiger partial charge in [0.15, 0.2) is 0 Å². The van der Waals surface area contributed by atoms with E-state index in [9.17, 15) is 4.39 Å². The van der Waals surface area contributed by atoms with Crippen LogP contribution in [0.1, 0.15) is 18.1 Å². The molecule has 0 fully saturated rings. The minimum Gasteiger partial charge on any atom is -0.494 e. The summed E-state index contributed by atoms with van der Waals surface area (Å²) in [5.41, 5.74) is 3.01. The zero-order valence-corrected chi connectivity index (χ0v) is 14.7. The molecule has 0 atom stereocenters. The van der Waals surface area contributed by atoms with Crippen molar-refractivity contribution >= 4 is 5.69 Å². The molecule has 0 aromatic heterocycles. The highest BCUT2D eigenvalue weighted by molar-refractivity contribution is 5.48. The van der Waals surface area contributed by atoms with Crippen molar-refractivity contribution < 1.29 is 13.9 Å². The third-order valence-electron chi connectivity index (χ3n) is 3.93. The van der Waals surface area contributed by atoms with E-state index in [0.29, 0.717) is 19.8 Å². The van der Waals surface area contributed by atoms with Gasteiger partial charge in [-0.1, -0.05) is 30.3 Å². The van der Waals surface area contributed by atoms with Gasteiger partial charge in [0.2, 0.25) is 0 Å². The van der Waals surface area contributed by atoms with Crippen molar-refractivity contribution in [3.8, 4) is 11.5 Å². The van der Waals surface area contributed by atoms with Crippen molar-refractivity contribution in [1.29, 1.82) is 0 Å². The number of hydrogen-bond donors (Lipinski definition) is 1. The number of nitrogens with one attached hydrogen (secondary N) is 1. The molecule has 0 unspecified atom stereocenters. The zero-order valence-electron chi connectivity index (χ0n) is 14.7. The summed E-state index contributed by atoms with van der Waals surface area (Å²) in [6, 6.07) is 22.1. The van der Waals surface area contributed by atoms with Gasteiger partial charge in [-0.3, -0.25) is 0 Å². The SMILES string of the molecule is CCOc1ccc(NCc2ccccc2OCc2ccc(F)cc2)cc1. The Morgan fingerprint density at radius 3 is 2.31 bits per heavy atom. The van der Waals surface area contributed by atoms with Crippen LogP contribution in [0.2, 0.25) is 0 Å². The maximum atomic E-state index is 13.0. The van der Waals surface area contributed by atoms with Crippen LogP contribution < -0.4 is 14.8 Å². The quantitative estimate of drug-likeness (QED) is 0.588. The average Bonchev–Trinajstić information content (AvgIpc) is 2.68. The van der Waals surface area contributed by atoms with Crippen LogP contribution in [-0.2, 0) is 13.2 Å². The smallest absolute Gasteiger partial charge is 0.124 e. The van der Waals surface area contributed by atoms with E-state index in [2.05, 4.69) is 5.32 Å². The highest BCUT2D eigenvalue weighted by Gasteiger charge is 2.04. The molecule has 0 spiro atoms. The molecule has 3 nitrogen and oxygen atoms in total. The van der Waals surface area contributed by atoms with Crippen LogP contribution in [0.15, 0.2) is 72.8 Å². The Balaban J connectivity index is 1.60. The lowest BCUT2D eigenvalue weighted by Crippen LogP contribution is -2.03. The van der Waals surface area contributed by atoms with Crippen LogP contribution in [0, 0.1) is 5.82 Å². The first kappa shape index (κ1) is 17.8. The normalized spacial score (nSPS) is 10.4. The molecule has 0 aliphatic rings. The van der Waals surface area contributed by atoms with E-state index in [0.717, 1.165) is 28.3 Å². The Kier molecular flexibility index (Phi) is 6.09. The Labute approximate surface area is 153 Å². The largest absolute Gasteiger partial charge is 0.494 e. The fraction of sp³-hybridized carbons (Fsp3) is 0.182. The molecule has 3 aromatic carbocycles. The van der Waals surface area contributed by atoms with Crippen LogP contribution in [0.3, 0.4) is 0 Å². The van der Waals surface area contributed by atoms with Crippen molar-refractivity contribution in [3.63, 3.8) is 0 Å². The highest BCUT2D eigenvalue weighted by atomic mass is 19.1. The minimum absolute atomic E-state index is 0.242. The van der Waals surface area contributed by atoms with E-state index >= 15 is 0 Å². The third kappa shape index (κ3) is 4.99. The second kappa shape index (κ2) is 8.90. The van der Waals surface area contributed by atoms with E-state index in [1.807, 2.05) is 55.5 Å². The van der Waals surface area contributed by atoms with Crippen molar-refractivity contribution in [2.24, 2.45) is 0 Å².